The van der Waals surface area contributed by atoms with Crippen molar-refractivity contribution in [1.82, 2.24) is 4.98 Å². The number of nitrogens with one attached hydrogen (secondary N) is 1. The first-order valence-electron chi connectivity index (χ1n) is 4.77. The molecule has 0 spiro atoms. The molecule has 6 nitrogen and oxygen atoms in total. The topological polar surface area (TPSA) is 96.4 Å². The van der Waals surface area contributed by atoms with Crippen molar-refractivity contribution in [3.63, 3.8) is 0 Å². The van der Waals surface area contributed by atoms with Crippen LogP contribution in [0.25, 0.3) is 0 Å². The number of rotatable bonds is 4. The van der Waals surface area contributed by atoms with Crippen molar-refractivity contribution in [3.8, 4) is 0 Å². The smallest absolute Gasteiger partial charge is 0.345 e. The number of thiazole rings is 1. The van der Waals surface area contributed by atoms with Gasteiger partial charge in [-0.15, -0.1) is 22.7 Å². The molecular formula is C9H7BrN2O4S3. The predicted molar refractivity (Wildman–Crippen MR) is 76.6 cm³/mol. The number of thiophene rings is 1. The summed E-state index contributed by atoms with van der Waals surface area (Å²) in [7, 11) is -3.85. The van der Waals surface area contributed by atoms with E-state index in [1.54, 1.807) is 13.1 Å². The van der Waals surface area contributed by atoms with Crippen molar-refractivity contribution in [2.24, 2.45) is 0 Å². The van der Waals surface area contributed by atoms with Gasteiger partial charge in [-0.3, -0.25) is 4.72 Å². The maximum absolute atomic E-state index is 12.1. The SMILES string of the molecule is Cc1cnc(NS(=O)(=O)c2cc(C(=O)O)sc2Br)s1. The second-order valence-electron chi connectivity index (χ2n) is 3.44. The number of halogens is 1. The third kappa shape index (κ3) is 3.14. The second kappa shape index (κ2) is 5.19. The lowest BCUT2D eigenvalue weighted by Gasteiger charge is -2.02. The van der Waals surface area contributed by atoms with E-state index < -0.39 is 16.0 Å². The van der Waals surface area contributed by atoms with Crippen LogP contribution in [0.1, 0.15) is 14.5 Å². The molecule has 0 aliphatic heterocycles. The molecule has 2 aromatic heterocycles. The first-order chi connectivity index (χ1) is 8.79. The van der Waals surface area contributed by atoms with Crippen LogP contribution in [-0.4, -0.2) is 24.5 Å². The zero-order chi connectivity index (χ0) is 14.2. The molecule has 0 radical (unpaired) electrons. The molecule has 0 aliphatic carbocycles. The Morgan fingerprint density at radius 1 is 1.47 bits per heavy atom. The van der Waals surface area contributed by atoms with Gasteiger partial charge in [0.25, 0.3) is 10.0 Å². The number of carboxylic acid groups (broad SMARTS) is 1. The molecule has 102 valence electrons. The minimum absolute atomic E-state index is 0.0532. The van der Waals surface area contributed by atoms with Crippen LogP contribution in [0.3, 0.4) is 0 Å². The van der Waals surface area contributed by atoms with E-state index in [0.29, 0.717) is 0 Å². The number of sulfonamides is 1. The third-order valence-electron chi connectivity index (χ3n) is 2.00. The number of nitrogens with zero attached hydrogens (tertiary/aromatic N) is 1. The van der Waals surface area contributed by atoms with Gasteiger partial charge in [-0.2, -0.15) is 0 Å². The molecular weight excluding hydrogens is 376 g/mol. The molecule has 0 aromatic carbocycles. The van der Waals surface area contributed by atoms with Gasteiger partial charge in [-0.1, -0.05) is 0 Å². The van der Waals surface area contributed by atoms with E-state index in [0.717, 1.165) is 22.3 Å². The number of aromatic nitrogens is 1. The highest BCUT2D eigenvalue weighted by molar-refractivity contribution is 9.11. The number of carboxylic acids is 1. The van der Waals surface area contributed by atoms with Crippen LogP contribution in [0, 0.1) is 6.92 Å². The highest BCUT2D eigenvalue weighted by atomic mass is 79.9. The Labute approximate surface area is 125 Å². The number of aromatic carboxylic acids is 1. The van der Waals surface area contributed by atoms with E-state index in [1.807, 2.05) is 0 Å². The van der Waals surface area contributed by atoms with Gasteiger partial charge >= 0.3 is 5.97 Å². The normalized spacial score (nSPS) is 11.5. The van der Waals surface area contributed by atoms with E-state index in [2.05, 4.69) is 25.6 Å². The summed E-state index contributed by atoms with van der Waals surface area (Å²) in [4.78, 5) is 15.4. The quantitative estimate of drug-likeness (QED) is 0.847. The van der Waals surface area contributed by atoms with Gasteiger partial charge in [0.05, 0.1) is 3.79 Å². The third-order valence-corrected chi connectivity index (χ3v) is 6.54. The number of aryl methyl sites for hydroxylation is 1. The van der Waals surface area contributed by atoms with Gasteiger partial charge in [-0.25, -0.2) is 18.2 Å². The van der Waals surface area contributed by atoms with E-state index in [4.69, 9.17) is 5.11 Å². The van der Waals surface area contributed by atoms with Crippen LogP contribution in [0.15, 0.2) is 20.9 Å². The monoisotopic (exact) mass is 382 g/mol. The van der Waals surface area contributed by atoms with E-state index >= 15 is 0 Å². The van der Waals surface area contributed by atoms with E-state index in [9.17, 15) is 13.2 Å². The summed E-state index contributed by atoms with van der Waals surface area (Å²) in [5.74, 6) is -1.17. The second-order valence-corrected chi connectivity index (χ2v) is 8.69. The fourth-order valence-electron chi connectivity index (χ4n) is 1.21. The lowest BCUT2D eigenvalue weighted by atomic mass is 10.5. The number of anilines is 1. The molecule has 0 bridgehead atoms. The minimum Gasteiger partial charge on any atom is -0.477 e. The van der Waals surface area contributed by atoms with E-state index in [-0.39, 0.29) is 18.7 Å². The van der Waals surface area contributed by atoms with Crippen molar-refractivity contribution >= 4 is 59.7 Å². The summed E-state index contributed by atoms with van der Waals surface area (Å²) in [5, 5.41) is 9.09. The number of carbonyl (C=O) groups is 1. The summed E-state index contributed by atoms with van der Waals surface area (Å²) in [6, 6.07) is 1.11. The fourth-order valence-corrected chi connectivity index (χ4v) is 5.52. The molecule has 0 saturated heterocycles. The first-order valence-corrected chi connectivity index (χ1v) is 8.68. The molecule has 0 fully saturated rings. The summed E-state index contributed by atoms with van der Waals surface area (Å²) in [6.07, 6.45) is 1.55. The zero-order valence-electron chi connectivity index (χ0n) is 9.38. The molecule has 2 N–H and O–H groups in total. The van der Waals surface area contributed by atoms with Crippen LogP contribution in [0.4, 0.5) is 5.13 Å². The molecule has 0 saturated carbocycles. The van der Waals surface area contributed by atoms with Gasteiger partial charge in [0.1, 0.15) is 9.77 Å². The Kier molecular flexibility index (Phi) is 3.95. The predicted octanol–water partition coefficient (Wildman–Crippen LogP) is 2.77. The lowest BCUT2D eigenvalue weighted by molar-refractivity contribution is 0.0702. The Morgan fingerprint density at radius 3 is 2.63 bits per heavy atom. The highest BCUT2D eigenvalue weighted by Gasteiger charge is 2.24. The van der Waals surface area contributed by atoms with Crippen molar-refractivity contribution in [1.29, 1.82) is 0 Å². The first kappa shape index (κ1) is 14.4. The molecule has 0 amide bonds. The maximum atomic E-state index is 12.1. The molecule has 2 aromatic rings. The van der Waals surface area contributed by atoms with Crippen LogP contribution < -0.4 is 4.72 Å². The largest absolute Gasteiger partial charge is 0.477 e. The van der Waals surface area contributed by atoms with E-state index in [1.165, 1.54) is 11.3 Å². The van der Waals surface area contributed by atoms with Crippen molar-refractivity contribution < 1.29 is 18.3 Å². The maximum Gasteiger partial charge on any atom is 0.345 e. The number of hydrogen-bond donors (Lipinski definition) is 2. The molecule has 19 heavy (non-hydrogen) atoms. The Morgan fingerprint density at radius 2 is 2.16 bits per heavy atom. The molecule has 2 rings (SSSR count). The van der Waals surface area contributed by atoms with Gasteiger partial charge in [0.15, 0.2) is 5.13 Å². The summed E-state index contributed by atoms with van der Waals surface area (Å²) in [6.45, 7) is 1.80. The molecule has 0 atom stereocenters. The highest BCUT2D eigenvalue weighted by Crippen LogP contribution is 2.33. The molecule has 2 heterocycles. The van der Waals surface area contributed by atoms with Gasteiger partial charge in [-0.05, 0) is 28.9 Å². The minimum atomic E-state index is -3.85. The van der Waals surface area contributed by atoms with Crippen LogP contribution in [0.5, 0.6) is 0 Å². The summed E-state index contributed by atoms with van der Waals surface area (Å²) in [5.41, 5.74) is 0. The van der Waals surface area contributed by atoms with Crippen molar-refractivity contribution in [3.05, 3.63) is 25.8 Å². The van der Waals surface area contributed by atoms with Gasteiger partial charge in [0.2, 0.25) is 0 Å². The van der Waals surface area contributed by atoms with Crippen LogP contribution in [0.2, 0.25) is 0 Å². The van der Waals surface area contributed by atoms with Crippen LogP contribution >= 0.6 is 38.6 Å². The Balaban J connectivity index is 2.37. The standard InChI is InChI=1S/C9H7BrN2O4S3/c1-4-3-11-9(17-4)12-19(15,16)6-2-5(8(13)14)18-7(6)10/h2-3H,1H3,(H,11,12)(H,13,14). The fraction of sp³-hybridized carbons (Fsp3) is 0.111. The summed E-state index contributed by atoms with van der Waals surface area (Å²) >= 11 is 5.10. The Bertz CT molecular complexity index is 734. The lowest BCUT2D eigenvalue weighted by Crippen LogP contribution is -2.12. The van der Waals surface area contributed by atoms with Crippen LogP contribution in [-0.2, 0) is 10.0 Å². The summed E-state index contributed by atoms with van der Waals surface area (Å²) < 4.78 is 26.8. The zero-order valence-corrected chi connectivity index (χ0v) is 13.4. The van der Waals surface area contributed by atoms with Gasteiger partial charge in [0, 0.05) is 11.1 Å². The molecule has 0 aliphatic rings. The number of hydrogen-bond acceptors (Lipinski definition) is 6. The van der Waals surface area contributed by atoms with Crippen molar-refractivity contribution in [2.45, 2.75) is 11.8 Å². The average Bonchev–Trinajstić information content (AvgIpc) is 2.85. The molecule has 10 heteroatoms. The van der Waals surface area contributed by atoms with Crippen molar-refractivity contribution in [2.75, 3.05) is 4.72 Å². The average molecular weight is 383 g/mol. The molecule has 0 unspecified atom stereocenters. The van der Waals surface area contributed by atoms with Gasteiger partial charge < -0.3 is 5.11 Å². The Hall–Kier alpha value is -0.970.